The highest BCUT2D eigenvalue weighted by Crippen LogP contribution is 2.32. The largest absolute Gasteiger partial charge is 0.361 e. The fourth-order valence-electron chi connectivity index (χ4n) is 3.29. The summed E-state index contributed by atoms with van der Waals surface area (Å²) in [6.07, 6.45) is 1.19. The Balaban J connectivity index is 1.60. The number of benzene rings is 1. The maximum Gasteiger partial charge on any atom is 0.162 e. The zero-order valence-corrected chi connectivity index (χ0v) is 15.4. The molecule has 6 heteroatoms. The second kappa shape index (κ2) is 7.98. The van der Waals surface area contributed by atoms with Gasteiger partial charge >= 0.3 is 0 Å². The van der Waals surface area contributed by atoms with Crippen LogP contribution < -0.4 is 4.90 Å². The van der Waals surface area contributed by atoms with Gasteiger partial charge in [-0.1, -0.05) is 41.9 Å². The summed E-state index contributed by atoms with van der Waals surface area (Å²) < 4.78 is 4.13. The molecule has 1 aromatic carbocycles. The monoisotopic (exact) mass is 360 g/mol. The van der Waals surface area contributed by atoms with E-state index in [0.29, 0.717) is 16.6 Å². The van der Waals surface area contributed by atoms with Crippen molar-refractivity contribution in [2.24, 2.45) is 5.92 Å². The summed E-state index contributed by atoms with van der Waals surface area (Å²) in [5.41, 5.74) is 1.88. The van der Waals surface area contributed by atoms with Crippen molar-refractivity contribution >= 4 is 28.1 Å². The second-order valence-electron chi connectivity index (χ2n) is 6.18. The summed E-state index contributed by atoms with van der Waals surface area (Å²) in [6, 6.07) is 12.8. The molecule has 0 aliphatic carbocycles. The number of rotatable bonds is 6. The Morgan fingerprint density at radius 2 is 2.21 bits per heavy atom. The lowest BCUT2D eigenvalue weighted by molar-refractivity contribution is 0.317. The van der Waals surface area contributed by atoms with Crippen molar-refractivity contribution < 1.29 is 0 Å². The van der Waals surface area contributed by atoms with Gasteiger partial charge in [-0.05, 0) is 42.9 Å². The molecule has 1 unspecified atom stereocenters. The molecule has 0 saturated carbocycles. The summed E-state index contributed by atoms with van der Waals surface area (Å²) >= 11 is 7.35. The zero-order valence-electron chi connectivity index (χ0n) is 13.8. The van der Waals surface area contributed by atoms with Crippen molar-refractivity contribution in [3.63, 3.8) is 0 Å². The summed E-state index contributed by atoms with van der Waals surface area (Å²) in [5.74, 6) is 0.612. The molecule has 0 N–H and O–H groups in total. The van der Waals surface area contributed by atoms with Gasteiger partial charge in [-0.15, -0.1) is 0 Å². The molecule has 1 aliphatic rings. The van der Waals surface area contributed by atoms with Gasteiger partial charge in [0.25, 0.3) is 0 Å². The van der Waals surface area contributed by atoms with Gasteiger partial charge in [0.1, 0.15) is 16.6 Å². The standard InChI is InChI=1S/C18H21ClN4S/c1-2-23(18-16(10-20)17(19)21-24-18)13-15-8-9-22(12-15)11-14-6-4-3-5-7-14/h3-7,15H,2,8-9,11-13H2,1H3. The van der Waals surface area contributed by atoms with Gasteiger partial charge in [0.2, 0.25) is 0 Å². The minimum absolute atomic E-state index is 0.327. The SMILES string of the molecule is CCN(CC1CCN(Cc2ccccc2)C1)c1snc(Cl)c1C#N. The molecule has 0 spiro atoms. The van der Waals surface area contributed by atoms with Crippen molar-refractivity contribution in [2.75, 3.05) is 31.1 Å². The first-order valence-electron chi connectivity index (χ1n) is 8.27. The summed E-state index contributed by atoms with van der Waals surface area (Å²) in [7, 11) is 0. The Labute approximate surface area is 152 Å². The van der Waals surface area contributed by atoms with Crippen LogP contribution in [0.5, 0.6) is 0 Å². The number of nitrogens with zero attached hydrogens (tertiary/aromatic N) is 4. The number of aromatic nitrogens is 1. The van der Waals surface area contributed by atoms with Crippen LogP contribution in [-0.2, 0) is 6.54 Å². The molecule has 2 aromatic rings. The van der Waals surface area contributed by atoms with Crippen molar-refractivity contribution in [3.8, 4) is 6.07 Å². The fourth-order valence-corrected chi connectivity index (χ4v) is 4.39. The van der Waals surface area contributed by atoms with Gasteiger partial charge in [0.15, 0.2) is 5.15 Å². The average Bonchev–Trinajstić information content (AvgIpc) is 3.19. The van der Waals surface area contributed by atoms with Gasteiger partial charge in [0.05, 0.1) is 0 Å². The first kappa shape index (κ1) is 17.2. The molecule has 3 rings (SSSR count). The first-order valence-corrected chi connectivity index (χ1v) is 9.43. The lowest BCUT2D eigenvalue weighted by Crippen LogP contribution is -2.31. The van der Waals surface area contributed by atoms with Crippen molar-refractivity contribution in [3.05, 3.63) is 46.6 Å². The van der Waals surface area contributed by atoms with Crippen LogP contribution >= 0.6 is 23.1 Å². The minimum atomic E-state index is 0.327. The van der Waals surface area contributed by atoms with E-state index in [1.165, 1.54) is 23.5 Å². The molecule has 1 fully saturated rings. The molecule has 1 saturated heterocycles. The number of hydrogen-bond acceptors (Lipinski definition) is 5. The number of hydrogen-bond donors (Lipinski definition) is 0. The Hall–Kier alpha value is -1.61. The van der Waals surface area contributed by atoms with E-state index in [1.807, 2.05) is 0 Å². The molecule has 1 atom stereocenters. The zero-order chi connectivity index (χ0) is 16.9. The Bertz CT molecular complexity index is 710. The Morgan fingerprint density at radius 3 is 2.92 bits per heavy atom. The molecule has 0 radical (unpaired) electrons. The highest BCUT2D eigenvalue weighted by atomic mass is 35.5. The molecule has 0 amide bonds. The van der Waals surface area contributed by atoms with Crippen molar-refractivity contribution in [2.45, 2.75) is 19.9 Å². The van der Waals surface area contributed by atoms with Gasteiger partial charge in [-0.3, -0.25) is 4.90 Å². The molecule has 0 bridgehead atoms. The molecule has 1 aliphatic heterocycles. The van der Waals surface area contributed by atoms with Crippen LogP contribution in [0.1, 0.15) is 24.5 Å². The van der Waals surface area contributed by atoms with Crippen LogP contribution in [0.3, 0.4) is 0 Å². The van der Waals surface area contributed by atoms with E-state index in [0.717, 1.165) is 37.7 Å². The van der Waals surface area contributed by atoms with E-state index in [1.54, 1.807) is 0 Å². The smallest absolute Gasteiger partial charge is 0.162 e. The lowest BCUT2D eigenvalue weighted by Gasteiger charge is -2.25. The second-order valence-corrected chi connectivity index (χ2v) is 7.29. The number of likely N-dealkylation sites (tertiary alicyclic amines) is 1. The van der Waals surface area contributed by atoms with E-state index in [4.69, 9.17) is 11.6 Å². The van der Waals surface area contributed by atoms with E-state index in [-0.39, 0.29) is 0 Å². The van der Waals surface area contributed by atoms with Crippen molar-refractivity contribution in [1.29, 1.82) is 5.26 Å². The third kappa shape index (κ3) is 3.89. The van der Waals surface area contributed by atoms with Crippen LogP contribution in [-0.4, -0.2) is 35.5 Å². The van der Waals surface area contributed by atoms with E-state index < -0.39 is 0 Å². The number of halogens is 1. The first-order chi connectivity index (χ1) is 11.7. The normalized spacial score (nSPS) is 17.8. The van der Waals surface area contributed by atoms with Gasteiger partial charge in [-0.25, -0.2) is 0 Å². The predicted octanol–water partition coefficient (Wildman–Crippen LogP) is 4.02. The minimum Gasteiger partial charge on any atom is -0.361 e. The van der Waals surface area contributed by atoms with Gasteiger partial charge in [-0.2, -0.15) is 9.64 Å². The maximum atomic E-state index is 9.30. The fraction of sp³-hybridized carbons (Fsp3) is 0.444. The predicted molar refractivity (Wildman–Crippen MR) is 99.6 cm³/mol. The van der Waals surface area contributed by atoms with Crippen LogP contribution in [0.15, 0.2) is 30.3 Å². The summed E-state index contributed by atoms with van der Waals surface area (Å²) in [6.45, 7) is 7.17. The molecule has 1 aromatic heterocycles. The molecule has 4 nitrogen and oxygen atoms in total. The third-order valence-electron chi connectivity index (χ3n) is 4.51. The van der Waals surface area contributed by atoms with Gasteiger partial charge in [0, 0.05) is 26.2 Å². The maximum absolute atomic E-state index is 9.30. The summed E-state index contributed by atoms with van der Waals surface area (Å²) in [5, 5.41) is 10.5. The van der Waals surface area contributed by atoms with Crippen molar-refractivity contribution in [1.82, 2.24) is 9.27 Å². The quantitative estimate of drug-likeness (QED) is 0.780. The lowest BCUT2D eigenvalue weighted by atomic mass is 10.1. The molecular weight excluding hydrogens is 340 g/mol. The van der Waals surface area contributed by atoms with Crippen LogP contribution in [0.25, 0.3) is 0 Å². The Morgan fingerprint density at radius 1 is 1.42 bits per heavy atom. The number of anilines is 1. The Kier molecular flexibility index (Phi) is 5.72. The van der Waals surface area contributed by atoms with Crippen LogP contribution in [0.2, 0.25) is 5.15 Å². The molecule has 126 valence electrons. The average molecular weight is 361 g/mol. The number of nitriles is 1. The van der Waals surface area contributed by atoms with Crippen LogP contribution in [0, 0.1) is 17.2 Å². The highest BCUT2D eigenvalue weighted by molar-refractivity contribution is 7.10. The van der Waals surface area contributed by atoms with E-state index in [2.05, 4.69) is 57.5 Å². The molecule has 2 heterocycles. The summed E-state index contributed by atoms with van der Waals surface area (Å²) in [4.78, 5) is 4.76. The van der Waals surface area contributed by atoms with E-state index >= 15 is 0 Å². The van der Waals surface area contributed by atoms with E-state index in [9.17, 15) is 5.26 Å². The van der Waals surface area contributed by atoms with Crippen LogP contribution in [0.4, 0.5) is 5.00 Å². The third-order valence-corrected chi connectivity index (χ3v) is 5.79. The molecule has 24 heavy (non-hydrogen) atoms. The highest BCUT2D eigenvalue weighted by Gasteiger charge is 2.26. The topological polar surface area (TPSA) is 43.2 Å². The molecular formula is C18H21ClN4S. The van der Waals surface area contributed by atoms with Gasteiger partial charge < -0.3 is 4.90 Å².